The molecule has 3 nitrogen and oxygen atoms in total. The van der Waals surface area contributed by atoms with Crippen molar-refractivity contribution in [3.05, 3.63) is 35.4 Å². The molecule has 0 aliphatic carbocycles. The summed E-state index contributed by atoms with van der Waals surface area (Å²) >= 11 is 1.83. The van der Waals surface area contributed by atoms with E-state index in [4.69, 9.17) is 0 Å². The van der Waals surface area contributed by atoms with Gasteiger partial charge in [0.25, 0.3) is 0 Å². The number of benzene rings is 1. The van der Waals surface area contributed by atoms with E-state index in [1.807, 2.05) is 18.8 Å². The van der Waals surface area contributed by atoms with Gasteiger partial charge in [0, 0.05) is 25.9 Å². The SMILES string of the molecule is CN=C(NCCSC)NCC(C)c1cccc(C)c1.I. The summed E-state index contributed by atoms with van der Waals surface area (Å²) in [5.41, 5.74) is 2.68. The van der Waals surface area contributed by atoms with Gasteiger partial charge in [-0.1, -0.05) is 36.8 Å². The first-order chi connectivity index (χ1) is 9.17. The Hall–Kier alpha value is -0.430. The minimum atomic E-state index is 0. The molecular formula is C15H26IN3S. The van der Waals surface area contributed by atoms with Crippen molar-refractivity contribution < 1.29 is 0 Å². The molecule has 0 aliphatic heterocycles. The van der Waals surface area contributed by atoms with E-state index >= 15 is 0 Å². The van der Waals surface area contributed by atoms with Crippen LogP contribution in [0.2, 0.25) is 0 Å². The maximum absolute atomic E-state index is 4.23. The summed E-state index contributed by atoms with van der Waals surface area (Å²) in [4.78, 5) is 4.23. The van der Waals surface area contributed by atoms with E-state index in [0.717, 1.165) is 24.8 Å². The van der Waals surface area contributed by atoms with Gasteiger partial charge >= 0.3 is 0 Å². The molecule has 2 N–H and O–H groups in total. The Balaban J connectivity index is 0.00000361. The summed E-state index contributed by atoms with van der Waals surface area (Å²) in [5.74, 6) is 2.45. The van der Waals surface area contributed by atoms with E-state index in [1.165, 1.54) is 11.1 Å². The summed E-state index contributed by atoms with van der Waals surface area (Å²) in [6.07, 6.45) is 2.11. The normalized spacial score (nSPS) is 12.5. The Bertz CT molecular complexity index is 410. The minimum Gasteiger partial charge on any atom is -0.356 e. The van der Waals surface area contributed by atoms with Gasteiger partial charge in [0.2, 0.25) is 0 Å². The molecule has 0 saturated heterocycles. The lowest BCUT2D eigenvalue weighted by atomic mass is 9.99. The van der Waals surface area contributed by atoms with Gasteiger partial charge in [0.15, 0.2) is 5.96 Å². The van der Waals surface area contributed by atoms with E-state index in [2.05, 4.69) is 60.0 Å². The third-order valence-corrected chi connectivity index (χ3v) is 3.62. The van der Waals surface area contributed by atoms with Crippen molar-refractivity contribution in [3.63, 3.8) is 0 Å². The third kappa shape index (κ3) is 7.38. The second-order valence-electron chi connectivity index (χ2n) is 4.69. The molecule has 0 radical (unpaired) electrons. The lowest BCUT2D eigenvalue weighted by Crippen LogP contribution is -2.40. The highest BCUT2D eigenvalue weighted by molar-refractivity contribution is 14.0. The van der Waals surface area contributed by atoms with Gasteiger partial charge < -0.3 is 10.6 Å². The first-order valence-corrected chi connectivity index (χ1v) is 8.06. The van der Waals surface area contributed by atoms with Gasteiger partial charge in [-0.25, -0.2) is 0 Å². The first-order valence-electron chi connectivity index (χ1n) is 6.67. The first kappa shape index (κ1) is 19.6. The Kier molecular flexibility index (Phi) is 11.0. The predicted molar refractivity (Wildman–Crippen MR) is 103 cm³/mol. The van der Waals surface area contributed by atoms with Gasteiger partial charge in [-0.3, -0.25) is 4.99 Å². The average Bonchev–Trinajstić information content (AvgIpc) is 2.42. The molecule has 114 valence electrons. The fourth-order valence-corrected chi connectivity index (χ4v) is 2.14. The van der Waals surface area contributed by atoms with Crippen molar-refractivity contribution in [1.82, 2.24) is 10.6 Å². The highest BCUT2D eigenvalue weighted by Crippen LogP contribution is 2.15. The molecule has 5 heteroatoms. The van der Waals surface area contributed by atoms with E-state index in [1.54, 1.807) is 0 Å². The van der Waals surface area contributed by atoms with E-state index in [0.29, 0.717) is 5.92 Å². The highest BCUT2D eigenvalue weighted by Gasteiger charge is 2.06. The summed E-state index contributed by atoms with van der Waals surface area (Å²) in [6.45, 7) is 6.20. The molecule has 1 aromatic carbocycles. The fraction of sp³-hybridized carbons (Fsp3) is 0.533. The van der Waals surface area contributed by atoms with Crippen molar-refractivity contribution in [2.45, 2.75) is 19.8 Å². The number of nitrogens with zero attached hydrogens (tertiary/aromatic N) is 1. The van der Waals surface area contributed by atoms with Crippen LogP contribution >= 0.6 is 35.7 Å². The maximum Gasteiger partial charge on any atom is 0.191 e. The van der Waals surface area contributed by atoms with Crippen molar-refractivity contribution in [3.8, 4) is 0 Å². The Morgan fingerprint density at radius 3 is 2.70 bits per heavy atom. The number of aryl methyl sites for hydroxylation is 1. The Morgan fingerprint density at radius 1 is 1.35 bits per heavy atom. The van der Waals surface area contributed by atoms with Crippen LogP contribution in [0.25, 0.3) is 0 Å². The average molecular weight is 407 g/mol. The summed E-state index contributed by atoms with van der Waals surface area (Å²) in [7, 11) is 1.81. The van der Waals surface area contributed by atoms with E-state index in [-0.39, 0.29) is 24.0 Å². The summed E-state index contributed by atoms with van der Waals surface area (Å²) in [6, 6.07) is 8.68. The molecule has 0 amide bonds. The lowest BCUT2D eigenvalue weighted by Gasteiger charge is -2.16. The largest absolute Gasteiger partial charge is 0.356 e. The smallest absolute Gasteiger partial charge is 0.191 e. The maximum atomic E-state index is 4.23. The van der Waals surface area contributed by atoms with Crippen LogP contribution in [0.4, 0.5) is 0 Å². The number of thioether (sulfide) groups is 1. The number of guanidine groups is 1. The van der Waals surface area contributed by atoms with Crippen LogP contribution in [-0.2, 0) is 0 Å². The molecule has 20 heavy (non-hydrogen) atoms. The van der Waals surface area contributed by atoms with Crippen LogP contribution < -0.4 is 10.6 Å². The number of rotatable bonds is 6. The lowest BCUT2D eigenvalue weighted by molar-refractivity contribution is 0.702. The highest BCUT2D eigenvalue weighted by atomic mass is 127. The minimum absolute atomic E-state index is 0. The second kappa shape index (κ2) is 11.3. The molecule has 1 rings (SSSR count). The van der Waals surface area contributed by atoms with Crippen LogP contribution in [0, 0.1) is 6.92 Å². The van der Waals surface area contributed by atoms with Crippen molar-refractivity contribution in [2.75, 3.05) is 32.1 Å². The zero-order valence-electron chi connectivity index (χ0n) is 12.8. The number of hydrogen-bond donors (Lipinski definition) is 2. The van der Waals surface area contributed by atoms with E-state index in [9.17, 15) is 0 Å². The molecule has 0 spiro atoms. The number of aliphatic imine (C=N–C) groups is 1. The van der Waals surface area contributed by atoms with Gasteiger partial charge in [0.1, 0.15) is 0 Å². The molecule has 0 saturated carbocycles. The zero-order chi connectivity index (χ0) is 14.1. The number of hydrogen-bond acceptors (Lipinski definition) is 2. The Morgan fingerprint density at radius 2 is 2.10 bits per heavy atom. The summed E-state index contributed by atoms with van der Waals surface area (Å²) in [5, 5.41) is 6.68. The van der Waals surface area contributed by atoms with E-state index < -0.39 is 0 Å². The molecule has 1 aromatic rings. The molecule has 1 unspecified atom stereocenters. The van der Waals surface area contributed by atoms with Crippen molar-refractivity contribution in [1.29, 1.82) is 0 Å². The molecule has 1 atom stereocenters. The van der Waals surface area contributed by atoms with Gasteiger partial charge in [-0.05, 0) is 24.7 Å². The molecule has 0 bridgehead atoms. The van der Waals surface area contributed by atoms with Crippen LogP contribution in [0.5, 0.6) is 0 Å². The van der Waals surface area contributed by atoms with Crippen LogP contribution in [-0.4, -0.2) is 38.1 Å². The molecule has 0 aromatic heterocycles. The van der Waals surface area contributed by atoms with Gasteiger partial charge in [-0.15, -0.1) is 24.0 Å². The number of halogens is 1. The van der Waals surface area contributed by atoms with Gasteiger partial charge in [0.05, 0.1) is 0 Å². The quantitative estimate of drug-likeness (QED) is 0.329. The molecular weight excluding hydrogens is 381 g/mol. The van der Waals surface area contributed by atoms with Crippen LogP contribution in [0.15, 0.2) is 29.3 Å². The van der Waals surface area contributed by atoms with Crippen LogP contribution in [0.3, 0.4) is 0 Å². The zero-order valence-corrected chi connectivity index (χ0v) is 15.9. The monoisotopic (exact) mass is 407 g/mol. The summed E-state index contributed by atoms with van der Waals surface area (Å²) < 4.78 is 0. The third-order valence-electron chi connectivity index (χ3n) is 3.01. The second-order valence-corrected chi connectivity index (χ2v) is 5.67. The van der Waals surface area contributed by atoms with Crippen molar-refractivity contribution >= 4 is 41.7 Å². The number of nitrogens with one attached hydrogen (secondary N) is 2. The topological polar surface area (TPSA) is 36.4 Å². The Labute approximate surface area is 144 Å². The molecule has 0 fully saturated rings. The molecule has 0 aliphatic rings. The van der Waals surface area contributed by atoms with Gasteiger partial charge in [-0.2, -0.15) is 11.8 Å². The van der Waals surface area contributed by atoms with Crippen molar-refractivity contribution in [2.24, 2.45) is 4.99 Å². The fourth-order valence-electron chi connectivity index (χ4n) is 1.84. The predicted octanol–water partition coefficient (Wildman–Crippen LogP) is 3.24. The van der Waals surface area contributed by atoms with Crippen LogP contribution in [0.1, 0.15) is 24.0 Å². The standard InChI is InChI=1S/C15H25N3S.HI/c1-12-6-5-7-14(10-12)13(2)11-18-15(16-3)17-8-9-19-4;/h5-7,10,13H,8-9,11H2,1-4H3,(H2,16,17,18);1H. The molecule has 0 heterocycles.